The number of hydrogen-bond donors (Lipinski definition) is 1. The number of nitrogens with two attached hydrogens (primary N) is 1. The number of fused-ring (bicyclic) bond motifs is 2. The molecular weight excluding hydrogens is 336 g/mol. The van der Waals surface area contributed by atoms with E-state index in [0.29, 0.717) is 23.3 Å². The van der Waals surface area contributed by atoms with Crippen molar-refractivity contribution in [2.24, 2.45) is 23.5 Å². The molecule has 0 radical (unpaired) electrons. The summed E-state index contributed by atoms with van der Waals surface area (Å²) in [5, 5.41) is 0. The van der Waals surface area contributed by atoms with Gasteiger partial charge < -0.3 is 10.6 Å². The van der Waals surface area contributed by atoms with Crippen molar-refractivity contribution in [3.05, 3.63) is 29.8 Å². The van der Waals surface area contributed by atoms with Crippen molar-refractivity contribution in [3.8, 4) is 0 Å². The third-order valence-electron chi connectivity index (χ3n) is 5.91. The van der Waals surface area contributed by atoms with E-state index in [4.69, 9.17) is 5.73 Å². The number of nitrogens with zero attached hydrogens (tertiary/aromatic N) is 1. The first kappa shape index (κ1) is 18.4. The highest BCUT2D eigenvalue weighted by atomic mass is 32.2. The fourth-order valence-corrected chi connectivity index (χ4v) is 5.13. The van der Waals surface area contributed by atoms with E-state index in [1.165, 1.54) is 12.7 Å². The molecule has 2 aliphatic rings. The van der Waals surface area contributed by atoms with Crippen LogP contribution in [0.4, 0.5) is 0 Å². The predicted molar refractivity (Wildman–Crippen MR) is 97.6 cm³/mol. The zero-order valence-corrected chi connectivity index (χ0v) is 15.8. The van der Waals surface area contributed by atoms with Gasteiger partial charge in [-0.1, -0.05) is 18.6 Å². The van der Waals surface area contributed by atoms with E-state index in [0.717, 1.165) is 31.2 Å². The van der Waals surface area contributed by atoms with Gasteiger partial charge in [0.25, 0.3) is 0 Å². The molecule has 1 amide bonds. The van der Waals surface area contributed by atoms with E-state index in [1.807, 2.05) is 7.05 Å². The van der Waals surface area contributed by atoms with Gasteiger partial charge in [0.05, 0.1) is 4.90 Å². The Labute approximate surface area is 150 Å². The number of carbonyl (C=O) groups excluding carboxylic acids is 1. The maximum absolute atomic E-state index is 12.9. The molecule has 6 heteroatoms. The molecule has 2 aliphatic carbocycles. The fourth-order valence-electron chi connectivity index (χ4n) is 4.50. The van der Waals surface area contributed by atoms with Gasteiger partial charge in [-0.05, 0) is 55.2 Å². The van der Waals surface area contributed by atoms with E-state index in [-0.39, 0.29) is 17.9 Å². The lowest BCUT2D eigenvalue weighted by Crippen LogP contribution is -2.49. The Balaban J connectivity index is 1.63. The molecule has 5 nitrogen and oxygen atoms in total. The molecule has 3 rings (SSSR count). The van der Waals surface area contributed by atoms with Crippen molar-refractivity contribution in [1.29, 1.82) is 0 Å². The second-order valence-corrected chi connectivity index (χ2v) is 9.82. The van der Waals surface area contributed by atoms with Gasteiger partial charge in [0.15, 0.2) is 9.84 Å². The second-order valence-electron chi connectivity index (χ2n) is 7.81. The Morgan fingerprint density at radius 2 is 1.72 bits per heavy atom. The summed E-state index contributed by atoms with van der Waals surface area (Å²) in [6.45, 7) is 0.501. The Hall–Kier alpha value is -1.40. The van der Waals surface area contributed by atoms with Gasteiger partial charge >= 0.3 is 0 Å². The van der Waals surface area contributed by atoms with Crippen LogP contribution < -0.4 is 5.73 Å². The molecule has 2 atom stereocenters. The van der Waals surface area contributed by atoms with Crippen LogP contribution in [0.5, 0.6) is 0 Å². The van der Waals surface area contributed by atoms with Gasteiger partial charge in [-0.3, -0.25) is 4.79 Å². The highest BCUT2D eigenvalue weighted by Gasteiger charge is 2.41. The van der Waals surface area contributed by atoms with Crippen molar-refractivity contribution in [2.75, 3.05) is 13.3 Å². The molecular formula is C19H28N2O3S. The smallest absolute Gasteiger partial charge is 0.225 e. The number of rotatable bonds is 4. The minimum Gasteiger partial charge on any atom is -0.341 e. The van der Waals surface area contributed by atoms with E-state index in [9.17, 15) is 13.2 Å². The van der Waals surface area contributed by atoms with E-state index in [1.54, 1.807) is 29.2 Å². The van der Waals surface area contributed by atoms with Gasteiger partial charge in [-0.2, -0.15) is 0 Å². The largest absolute Gasteiger partial charge is 0.341 e. The Morgan fingerprint density at radius 3 is 2.24 bits per heavy atom. The van der Waals surface area contributed by atoms with E-state index < -0.39 is 9.84 Å². The standard InChI is InChI=1S/C19H28N2O3S/c1-21(12-13-6-8-17(9-7-13)25(2,23)24)19(22)16-10-14-4-3-5-15(11-16)18(14)20/h6-9,14-16,18H,3-5,10-12,20H2,1-2H3. The molecule has 2 saturated carbocycles. The number of carbonyl (C=O) groups is 1. The second kappa shape index (κ2) is 7.08. The molecule has 2 N–H and O–H groups in total. The van der Waals surface area contributed by atoms with Crippen molar-refractivity contribution in [2.45, 2.75) is 49.6 Å². The predicted octanol–water partition coefficient (Wildman–Crippen LogP) is 2.20. The molecule has 25 heavy (non-hydrogen) atoms. The first-order valence-electron chi connectivity index (χ1n) is 9.05. The molecule has 2 fully saturated rings. The topological polar surface area (TPSA) is 80.5 Å². The maximum atomic E-state index is 12.9. The third kappa shape index (κ3) is 4.06. The first-order valence-corrected chi connectivity index (χ1v) is 10.9. The first-order chi connectivity index (χ1) is 11.8. The van der Waals surface area contributed by atoms with Gasteiger partial charge in [0.1, 0.15) is 0 Å². The molecule has 2 unspecified atom stereocenters. The maximum Gasteiger partial charge on any atom is 0.225 e. The zero-order valence-electron chi connectivity index (χ0n) is 15.0. The monoisotopic (exact) mass is 364 g/mol. The van der Waals surface area contributed by atoms with Gasteiger partial charge in [0.2, 0.25) is 5.91 Å². The summed E-state index contributed by atoms with van der Waals surface area (Å²) in [6, 6.07) is 7.05. The molecule has 2 bridgehead atoms. The summed E-state index contributed by atoms with van der Waals surface area (Å²) in [6.07, 6.45) is 6.56. The number of benzene rings is 1. The van der Waals surface area contributed by atoms with Crippen LogP contribution in [-0.2, 0) is 21.2 Å². The minimum atomic E-state index is -3.19. The van der Waals surface area contributed by atoms with Crippen molar-refractivity contribution < 1.29 is 13.2 Å². The van der Waals surface area contributed by atoms with Crippen LogP contribution in [0, 0.1) is 17.8 Å². The quantitative estimate of drug-likeness (QED) is 0.888. The fraction of sp³-hybridized carbons (Fsp3) is 0.632. The molecule has 0 aromatic heterocycles. The van der Waals surface area contributed by atoms with Crippen LogP contribution in [0.1, 0.15) is 37.7 Å². The van der Waals surface area contributed by atoms with Crippen molar-refractivity contribution in [1.82, 2.24) is 4.90 Å². The molecule has 0 spiro atoms. The van der Waals surface area contributed by atoms with E-state index in [2.05, 4.69) is 0 Å². The molecule has 0 heterocycles. The number of sulfone groups is 1. The van der Waals surface area contributed by atoms with Gasteiger partial charge in [0, 0.05) is 31.8 Å². The van der Waals surface area contributed by atoms with Crippen LogP contribution in [0.25, 0.3) is 0 Å². The van der Waals surface area contributed by atoms with Crippen LogP contribution in [-0.4, -0.2) is 38.6 Å². The van der Waals surface area contributed by atoms with Crippen LogP contribution in [0.15, 0.2) is 29.2 Å². The zero-order chi connectivity index (χ0) is 18.2. The molecule has 0 aliphatic heterocycles. The summed E-state index contributed by atoms with van der Waals surface area (Å²) in [5.41, 5.74) is 7.26. The SMILES string of the molecule is CN(Cc1ccc(S(C)(=O)=O)cc1)C(=O)C1CC2CCCC(C1)C2N. The number of amides is 1. The Kier molecular flexibility index (Phi) is 5.21. The van der Waals surface area contributed by atoms with Crippen LogP contribution in [0.3, 0.4) is 0 Å². The van der Waals surface area contributed by atoms with E-state index >= 15 is 0 Å². The minimum absolute atomic E-state index is 0.0791. The summed E-state index contributed by atoms with van der Waals surface area (Å²) < 4.78 is 23.1. The van der Waals surface area contributed by atoms with Crippen molar-refractivity contribution in [3.63, 3.8) is 0 Å². The summed E-state index contributed by atoms with van der Waals surface area (Å²) in [5.74, 6) is 1.25. The molecule has 1 aromatic carbocycles. The average molecular weight is 365 g/mol. The lowest BCUT2D eigenvalue weighted by atomic mass is 9.65. The highest BCUT2D eigenvalue weighted by molar-refractivity contribution is 7.90. The van der Waals surface area contributed by atoms with Gasteiger partial charge in [-0.25, -0.2) is 8.42 Å². The molecule has 138 valence electrons. The number of hydrogen-bond acceptors (Lipinski definition) is 4. The highest BCUT2D eigenvalue weighted by Crippen LogP contribution is 2.42. The summed E-state index contributed by atoms with van der Waals surface area (Å²) in [7, 11) is -1.36. The molecule has 0 saturated heterocycles. The van der Waals surface area contributed by atoms with Crippen LogP contribution >= 0.6 is 0 Å². The Morgan fingerprint density at radius 1 is 1.16 bits per heavy atom. The average Bonchev–Trinajstić information content (AvgIpc) is 2.53. The normalized spacial score (nSPS) is 29.2. The lowest BCUT2D eigenvalue weighted by molar-refractivity contribution is -0.137. The molecule has 1 aromatic rings. The lowest BCUT2D eigenvalue weighted by Gasteiger charge is -2.44. The third-order valence-corrected chi connectivity index (χ3v) is 7.04. The van der Waals surface area contributed by atoms with Gasteiger partial charge in [-0.15, -0.1) is 0 Å². The summed E-state index contributed by atoms with van der Waals surface area (Å²) >= 11 is 0. The summed E-state index contributed by atoms with van der Waals surface area (Å²) in [4.78, 5) is 14.9. The van der Waals surface area contributed by atoms with Crippen molar-refractivity contribution >= 4 is 15.7 Å². The Bertz CT molecular complexity index is 716. The van der Waals surface area contributed by atoms with Crippen LogP contribution in [0.2, 0.25) is 0 Å².